The molecular weight excluding hydrogens is 186 g/mol. The van der Waals surface area contributed by atoms with Crippen LogP contribution >= 0.6 is 0 Å². The summed E-state index contributed by atoms with van der Waals surface area (Å²) in [7, 11) is 1.64. The maximum absolute atomic E-state index is 9.16. The first-order valence-corrected chi connectivity index (χ1v) is 5.02. The Labute approximate surface area is 91.5 Å². The Hall–Kier alpha value is -1.49. The molecule has 1 aromatic rings. The second-order valence-electron chi connectivity index (χ2n) is 4.70. The van der Waals surface area contributed by atoms with Crippen LogP contribution < -0.4 is 4.74 Å². The zero-order chi connectivity index (χ0) is 11.5. The minimum absolute atomic E-state index is 0.0384. The fraction of sp³-hybridized carbons (Fsp3) is 0.462. The van der Waals surface area contributed by atoms with Gasteiger partial charge in [-0.25, -0.2) is 0 Å². The number of ether oxygens (including phenoxy) is 1. The molecule has 2 nitrogen and oxygen atoms in total. The largest absolute Gasteiger partial charge is 0.497 e. The van der Waals surface area contributed by atoms with E-state index in [1.165, 1.54) is 0 Å². The lowest BCUT2D eigenvalue weighted by atomic mass is 9.77. The molecular formula is C13H17NO. The highest BCUT2D eigenvalue weighted by Gasteiger charge is 2.25. The lowest BCUT2D eigenvalue weighted by Crippen LogP contribution is -2.16. The maximum atomic E-state index is 9.16. The van der Waals surface area contributed by atoms with E-state index in [0.29, 0.717) is 0 Å². The minimum atomic E-state index is -0.0802. The molecule has 0 bridgehead atoms. The van der Waals surface area contributed by atoms with Crippen molar-refractivity contribution in [2.45, 2.75) is 26.7 Å². The standard InChI is InChI=1S/C13H17NO/c1-13(2,3)12(9-14)10-5-7-11(15-4)8-6-10/h5-8,12H,1-4H3. The van der Waals surface area contributed by atoms with Crippen LogP contribution in [0.3, 0.4) is 0 Å². The minimum Gasteiger partial charge on any atom is -0.497 e. The fourth-order valence-corrected chi connectivity index (χ4v) is 1.56. The van der Waals surface area contributed by atoms with E-state index in [1.54, 1.807) is 7.11 Å². The highest BCUT2D eigenvalue weighted by molar-refractivity contribution is 5.33. The van der Waals surface area contributed by atoms with Crippen molar-refractivity contribution in [3.8, 4) is 11.8 Å². The van der Waals surface area contributed by atoms with Gasteiger partial charge in [0.1, 0.15) is 5.75 Å². The van der Waals surface area contributed by atoms with E-state index < -0.39 is 0 Å². The predicted molar refractivity (Wildman–Crippen MR) is 60.8 cm³/mol. The molecule has 80 valence electrons. The van der Waals surface area contributed by atoms with Crippen LogP contribution in [0.1, 0.15) is 32.3 Å². The van der Waals surface area contributed by atoms with Gasteiger partial charge in [0, 0.05) is 0 Å². The number of rotatable bonds is 2. The van der Waals surface area contributed by atoms with Crippen LogP contribution in [-0.4, -0.2) is 7.11 Å². The number of hydrogen-bond acceptors (Lipinski definition) is 2. The van der Waals surface area contributed by atoms with Crippen LogP contribution in [0, 0.1) is 16.7 Å². The molecule has 0 spiro atoms. The van der Waals surface area contributed by atoms with Gasteiger partial charge < -0.3 is 4.74 Å². The van der Waals surface area contributed by atoms with Gasteiger partial charge in [0.25, 0.3) is 0 Å². The first-order chi connectivity index (χ1) is 6.99. The van der Waals surface area contributed by atoms with Crippen LogP contribution in [-0.2, 0) is 0 Å². The van der Waals surface area contributed by atoms with Gasteiger partial charge >= 0.3 is 0 Å². The summed E-state index contributed by atoms with van der Waals surface area (Å²) >= 11 is 0. The summed E-state index contributed by atoms with van der Waals surface area (Å²) in [4.78, 5) is 0. The van der Waals surface area contributed by atoms with Crippen LogP contribution in [0.25, 0.3) is 0 Å². The third-order valence-electron chi connectivity index (χ3n) is 2.44. The molecule has 0 aromatic heterocycles. The van der Waals surface area contributed by atoms with Crippen molar-refractivity contribution in [1.82, 2.24) is 0 Å². The topological polar surface area (TPSA) is 33.0 Å². The lowest BCUT2D eigenvalue weighted by Gasteiger charge is -2.25. The predicted octanol–water partition coefficient (Wildman–Crippen LogP) is 3.35. The number of benzene rings is 1. The molecule has 1 unspecified atom stereocenters. The zero-order valence-corrected chi connectivity index (χ0v) is 9.74. The second-order valence-corrected chi connectivity index (χ2v) is 4.70. The molecule has 2 heteroatoms. The summed E-state index contributed by atoms with van der Waals surface area (Å²) in [6.07, 6.45) is 0. The molecule has 0 radical (unpaired) electrons. The van der Waals surface area contributed by atoms with Gasteiger partial charge in [0.2, 0.25) is 0 Å². The molecule has 1 rings (SSSR count). The van der Waals surface area contributed by atoms with Gasteiger partial charge in [0.05, 0.1) is 19.1 Å². The van der Waals surface area contributed by atoms with E-state index in [2.05, 4.69) is 26.8 Å². The quantitative estimate of drug-likeness (QED) is 0.738. The fourth-order valence-electron chi connectivity index (χ4n) is 1.56. The second kappa shape index (κ2) is 4.35. The summed E-state index contributed by atoms with van der Waals surface area (Å²) in [6.45, 7) is 6.22. The third kappa shape index (κ3) is 2.73. The molecule has 0 saturated heterocycles. The monoisotopic (exact) mass is 203 g/mol. The zero-order valence-electron chi connectivity index (χ0n) is 9.74. The van der Waals surface area contributed by atoms with Gasteiger partial charge in [-0.3, -0.25) is 0 Å². The first-order valence-electron chi connectivity index (χ1n) is 5.02. The molecule has 0 amide bonds. The first kappa shape index (κ1) is 11.6. The molecule has 0 aliphatic carbocycles. The van der Waals surface area contributed by atoms with Crippen molar-refractivity contribution in [1.29, 1.82) is 5.26 Å². The summed E-state index contributed by atoms with van der Waals surface area (Å²) in [5.74, 6) is 0.743. The molecule has 0 aliphatic rings. The summed E-state index contributed by atoms with van der Waals surface area (Å²) in [5, 5.41) is 9.16. The van der Waals surface area contributed by atoms with Crippen LogP contribution in [0.15, 0.2) is 24.3 Å². The number of nitriles is 1. The normalized spacial score (nSPS) is 13.0. The van der Waals surface area contributed by atoms with Crippen molar-refractivity contribution in [2.24, 2.45) is 5.41 Å². The Morgan fingerprint density at radius 1 is 1.20 bits per heavy atom. The Morgan fingerprint density at radius 3 is 2.07 bits per heavy atom. The number of methoxy groups -OCH3 is 1. The maximum Gasteiger partial charge on any atom is 0.118 e. The summed E-state index contributed by atoms with van der Waals surface area (Å²) in [5.41, 5.74) is 1.01. The molecule has 1 atom stereocenters. The van der Waals surface area contributed by atoms with Gasteiger partial charge in [0.15, 0.2) is 0 Å². The van der Waals surface area contributed by atoms with Crippen molar-refractivity contribution in [3.05, 3.63) is 29.8 Å². The summed E-state index contributed by atoms with van der Waals surface area (Å²) < 4.78 is 5.09. The van der Waals surface area contributed by atoms with E-state index >= 15 is 0 Å². The average Bonchev–Trinajstić information content (AvgIpc) is 2.18. The highest BCUT2D eigenvalue weighted by Crippen LogP contribution is 2.34. The molecule has 1 aromatic carbocycles. The SMILES string of the molecule is COc1ccc(C(C#N)C(C)(C)C)cc1. The van der Waals surface area contributed by atoms with Crippen LogP contribution in [0.2, 0.25) is 0 Å². The van der Waals surface area contributed by atoms with Crippen LogP contribution in [0.5, 0.6) is 5.75 Å². The van der Waals surface area contributed by atoms with Gasteiger partial charge in [-0.15, -0.1) is 0 Å². The average molecular weight is 203 g/mol. The third-order valence-corrected chi connectivity index (χ3v) is 2.44. The van der Waals surface area contributed by atoms with Gasteiger partial charge in [-0.2, -0.15) is 5.26 Å². The van der Waals surface area contributed by atoms with Crippen molar-refractivity contribution < 1.29 is 4.74 Å². The van der Waals surface area contributed by atoms with E-state index in [-0.39, 0.29) is 11.3 Å². The van der Waals surface area contributed by atoms with Gasteiger partial charge in [-0.1, -0.05) is 32.9 Å². The number of nitrogens with zero attached hydrogens (tertiary/aromatic N) is 1. The number of hydrogen-bond donors (Lipinski definition) is 0. The smallest absolute Gasteiger partial charge is 0.118 e. The molecule has 0 aliphatic heterocycles. The van der Waals surface area contributed by atoms with Crippen molar-refractivity contribution in [3.63, 3.8) is 0 Å². The molecule has 0 N–H and O–H groups in total. The molecule has 0 saturated carbocycles. The Bertz CT molecular complexity index is 354. The molecule has 15 heavy (non-hydrogen) atoms. The lowest BCUT2D eigenvalue weighted by molar-refractivity contribution is 0.372. The molecule has 0 fully saturated rings. The van der Waals surface area contributed by atoms with Gasteiger partial charge in [-0.05, 0) is 23.1 Å². The molecule has 0 heterocycles. The Morgan fingerprint density at radius 2 is 1.73 bits per heavy atom. The highest BCUT2D eigenvalue weighted by atomic mass is 16.5. The van der Waals surface area contributed by atoms with E-state index in [0.717, 1.165) is 11.3 Å². The van der Waals surface area contributed by atoms with E-state index in [1.807, 2.05) is 24.3 Å². The van der Waals surface area contributed by atoms with Crippen molar-refractivity contribution >= 4 is 0 Å². The van der Waals surface area contributed by atoms with E-state index in [9.17, 15) is 0 Å². The summed E-state index contributed by atoms with van der Waals surface area (Å²) in [6, 6.07) is 10.1. The Kier molecular flexibility index (Phi) is 3.36. The van der Waals surface area contributed by atoms with E-state index in [4.69, 9.17) is 10.00 Å². The van der Waals surface area contributed by atoms with Crippen molar-refractivity contribution in [2.75, 3.05) is 7.11 Å². The van der Waals surface area contributed by atoms with Crippen LogP contribution in [0.4, 0.5) is 0 Å². The Balaban J connectivity index is 3.00.